The second-order valence-corrected chi connectivity index (χ2v) is 5.63. The second-order valence-electron chi connectivity index (χ2n) is 4.63. The van der Waals surface area contributed by atoms with E-state index in [1.807, 2.05) is 26.0 Å². The van der Waals surface area contributed by atoms with Gasteiger partial charge < -0.3 is 21.1 Å². The number of carbonyl (C=O) groups is 1. The van der Waals surface area contributed by atoms with Crippen molar-refractivity contribution in [1.29, 1.82) is 0 Å². The first-order chi connectivity index (χ1) is 9.99. The van der Waals surface area contributed by atoms with E-state index in [0.717, 1.165) is 5.75 Å². The number of nitrogens with two attached hydrogens (primary N) is 1. The predicted molar refractivity (Wildman–Crippen MR) is 86.2 cm³/mol. The number of ether oxygens (including phenoxy) is 1. The highest BCUT2D eigenvalue weighted by atomic mass is 32.1. The normalized spacial score (nSPS) is 10.5. The number of nitrogen functional groups attached to an aromatic ring is 1. The third-order valence-electron chi connectivity index (χ3n) is 2.56. The standard InChI is InChI=1S/C14H18N4O2S/c1-8(2)20-10-6-4-9(5-7-10)17-13(19)11-12(15)18-14(16-3)21-11/h4-8H,15H2,1-3H3,(H,16,18)(H,17,19). The van der Waals surface area contributed by atoms with Crippen LogP contribution in [0.2, 0.25) is 0 Å². The van der Waals surface area contributed by atoms with Gasteiger partial charge in [-0.1, -0.05) is 11.3 Å². The Morgan fingerprint density at radius 2 is 2.00 bits per heavy atom. The molecule has 0 aliphatic rings. The SMILES string of the molecule is CNc1nc(N)c(C(=O)Nc2ccc(OC(C)C)cc2)s1. The van der Waals surface area contributed by atoms with E-state index in [4.69, 9.17) is 10.5 Å². The Morgan fingerprint density at radius 3 is 2.52 bits per heavy atom. The molecule has 0 radical (unpaired) electrons. The van der Waals surface area contributed by atoms with Gasteiger partial charge in [-0.25, -0.2) is 4.98 Å². The van der Waals surface area contributed by atoms with Crippen molar-refractivity contribution in [2.24, 2.45) is 0 Å². The summed E-state index contributed by atoms with van der Waals surface area (Å²) in [6, 6.07) is 7.19. The highest BCUT2D eigenvalue weighted by molar-refractivity contribution is 7.18. The van der Waals surface area contributed by atoms with Gasteiger partial charge in [-0.3, -0.25) is 4.79 Å². The molecule has 7 heteroatoms. The van der Waals surface area contributed by atoms with Crippen LogP contribution in [0.4, 0.5) is 16.6 Å². The quantitative estimate of drug-likeness (QED) is 0.790. The first-order valence-corrected chi connectivity index (χ1v) is 7.33. The van der Waals surface area contributed by atoms with Crippen molar-refractivity contribution in [3.05, 3.63) is 29.1 Å². The highest BCUT2D eigenvalue weighted by Crippen LogP contribution is 2.26. The third kappa shape index (κ3) is 3.85. The van der Waals surface area contributed by atoms with Crippen molar-refractivity contribution < 1.29 is 9.53 Å². The molecule has 1 heterocycles. The van der Waals surface area contributed by atoms with Crippen LogP contribution in [0, 0.1) is 0 Å². The van der Waals surface area contributed by atoms with Crippen LogP contribution in [0.15, 0.2) is 24.3 Å². The van der Waals surface area contributed by atoms with E-state index in [9.17, 15) is 4.79 Å². The number of aromatic nitrogens is 1. The smallest absolute Gasteiger partial charge is 0.269 e. The minimum atomic E-state index is -0.274. The lowest BCUT2D eigenvalue weighted by atomic mass is 10.3. The highest BCUT2D eigenvalue weighted by Gasteiger charge is 2.15. The van der Waals surface area contributed by atoms with Crippen molar-refractivity contribution in [3.63, 3.8) is 0 Å². The Bertz CT molecular complexity index is 622. The summed E-state index contributed by atoms with van der Waals surface area (Å²) in [6.45, 7) is 3.92. The Balaban J connectivity index is 2.06. The van der Waals surface area contributed by atoms with E-state index in [0.29, 0.717) is 15.7 Å². The van der Waals surface area contributed by atoms with Crippen LogP contribution in [0.1, 0.15) is 23.5 Å². The number of nitrogens with one attached hydrogen (secondary N) is 2. The zero-order valence-electron chi connectivity index (χ0n) is 12.1. The van der Waals surface area contributed by atoms with E-state index < -0.39 is 0 Å². The van der Waals surface area contributed by atoms with Gasteiger partial charge in [0.25, 0.3) is 5.91 Å². The molecule has 1 aromatic carbocycles. The molecular weight excluding hydrogens is 288 g/mol. The molecule has 4 N–H and O–H groups in total. The van der Waals surface area contributed by atoms with Gasteiger partial charge in [0, 0.05) is 12.7 Å². The summed E-state index contributed by atoms with van der Waals surface area (Å²) in [5, 5.41) is 6.26. The average Bonchev–Trinajstić information content (AvgIpc) is 2.82. The van der Waals surface area contributed by atoms with Crippen molar-refractivity contribution in [2.75, 3.05) is 23.4 Å². The molecule has 0 spiro atoms. The molecule has 1 amide bonds. The van der Waals surface area contributed by atoms with Gasteiger partial charge in [0.2, 0.25) is 0 Å². The summed E-state index contributed by atoms with van der Waals surface area (Å²) in [5.41, 5.74) is 6.40. The minimum Gasteiger partial charge on any atom is -0.491 e. The molecule has 0 aliphatic carbocycles. The van der Waals surface area contributed by atoms with Gasteiger partial charge >= 0.3 is 0 Å². The molecule has 0 fully saturated rings. The summed E-state index contributed by atoms with van der Waals surface area (Å²) in [4.78, 5) is 16.6. The molecule has 112 valence electrons. The lowest BCUT2D eigenvalue weighted by molar-refractivity contribution is 0.103. The van der Waals surface area contributed by atoms with Crippen LogP contribution in [-0.4, -0.2) is 24.0 Å². The van der Waals surface area contributed by atoms with Gasteiger partial charge in [0.05, 0.1) is 6.10 Å². The third-order valence-corrected chi connectivity index (χ3v) is 3.64. The topological polar surface area (TPSA) is 89.3 Å². The number of rotatable bonds is 5. The lowest BCUT2D eigenvalue weighted by Gasteiger charge is -2.10. The number of thiazole rings is 1. The van der Waals surface area contributed by atoms with E-state index in [2.05, 4.69) is 15.6 Å². The first-order valence-electron chi connectivity index (χ1n) is 6.51. The second kappa shape index (κ2) is 6.45. The fourth-order valence-electron chi connectivity index (χ4n) is 1.68. The first kappa shape index (κ1) is 15.1. The molecule has 0 bridgehead atoms. The van der Waals surface area contributed by atoms with Crippen molar-refractivity contribution in [2.45, 2.75) is 20.0 Å². The van der Waals surface area contributed by atoms with Crippen molar-refractivity contribution in [1.82, 2.24) is 4.98 Å². The summed E-state index contributed by atoms with van der Waals surface area (Å²) in [6.07, 6.45) is 0.113. The molecule has 21 heavy (non-hydrogen) atoms. The minimum absolute atomic E-state index is 0.113. The molecule has 2 aromatic rings. The molecule has 0 saturated heterocycles. The maximum Gasteiger partial charge on any atom is 0.269 e. The number of nitrogens with zero attached hydrogens (tertiary/aromatic N) is 1. The van der Waals surface area contributed by atoms with Crippen LogP contribution < -0.4 is 21.1 Å². The van der Waals surface area contributed by atoms with Gasteiger partial charge in [0.1, 0.15) is 16.4 Å². The van der Waals surface area contributed by atoms with Crippen molar-refractivity contribution >= 4 is 33.9 Å². The molecule has 2 rings (SSSR count). The molecule has 0 aliphatic heterocycles. The Kier molecular flexibility index (Phi) is 4.64. The lowest BCUT2D eigenvalue weighted by Crippen LogP contribution is -2.12. The zero-order chi connectivity index (χ0) is 15.4. The Hall–Kier alpha value is -2.28. The Morgan fingerprint density at radius 1 is 1.33 bits per heavy atom. The maximum absolute atomic E-state index is 12.1. The van der Waals surface area contributed by atoms with E-state index in [1.54, 1.807) is 19.2 Å². The average molecular weight is 306 g/mol. The van der Waals surface area contributed by atoms with Crippen LogP contribution in [0.3, 0.4) is 0 Å². The number of amides is 1. The fourth-order valence-corrected chi connectivity index (χ4v) is 2.41. The van der Waals surface area contributed by atoms with E-state index >= 15 is 0 Å². The maximum atomic E-state index is 12.1. The van der Waals surface area contributed by atoms with Crippen LogP contribution in [0.25, 0.3) is 0 Å². The summed E-state index contributed by atoms with van der Waals surface area (Å²) < 4.78 is 5.55. The van der Waals surface area contributed by atoms with Gasteiger partial charge in [-0.2, -0.15) is 0 Å². The summed E-state index contributed by atoms with van der Waals surface area (Å²) in [5.74, 6) is 0.711. The largest absolute Gasteiger partial charge is 0.491 e. The van der Waals surface area contributed by atoms with Gasteiger partial charge in [-0.15, -0.1) is 0 Å². The fraction of sp³-hybridized carbons (Fsp3) is 0.286. The van der Waals surface area contributed by atoms with Gasteiger partial charge in [0.15, 0.2) is 5.13 Å². The zero-order valence-corrected chi connectivity index (χ0v) is 13.0. The number of benzene rings is 1. The molecule has 1 aromatic heterocycles. The Labute approximate surface area is 127 Å². The van der Waals surface area contributed by atoms with Crippen LogP contribution >= 0.6 is 11.3 Å². The molecule has 0 saturated carbocycles. The number of hydrogen-bond donors (Lipinski definition) is 3. The molecule has 0 atom stereocenters. The molecular formula is C14H18N4O2S. The van der Waals surface area contributed by atoms with Crippen LogP contribution in [-0.2, 0) is 0 Å². The van der Waals surface area contributed by atoms with Gasteiger partial charge in [-0.05, 0) is 38.1 Å². The summed E-state index contributed by atoms with van der Waals surface area (Å²) >= 11 is 1.21. The number of hydrogen-bond acceptors (Lipinski definition) is 6. The number of carbonyl (C=O) groups excluding carboxylic acids is 1. The predicted octanol–water partition coefficient (Wildman–Crippen LogP) is 2.81. The number of anilines is 3. The monoisotopic (exact) mass is 306 g/mol. The molecule has 0 unspecified atom stereocenters. The van der Waals surface area contributed by atoms with Crippen molar-refractivity contribution in [3.8, 4) is 5.75 Å². The van der Waals surface area contributed by atoms with E-state index in [-0.39, 0.29) is 17.8 Å². The summed E-state index contributed by atoms with van der Waals surface area (Å²) in [7, 11) is 1.73. The van der Waals surface area contributed by atoms with Crippen LogP contribution in [0.5, 0.6) is 5.75 Å². The molecule has 6 nitrogen and oxygen atoms in total. The van der Waals surface area contributed by atoms with E-state index in [1.165, 1.54) is 11.3 Å².